The van der Waals surface area contributed by atoms with E-state index in [9.17, 15) is 39.5 Å². The predicted octanol–water partition coefficient (Wildman–Crippen LogP) is 5.58. The first-order valence-electron chi connectivity index (χ1n) is 7.73. The van der Waals surface area contributed by atoms with Crippen molar-refractivity contribution in [2.75, 3.05) is 24.6 Å². The molecule has 0 unspecified atom stereocenters. The number of hydrogen-bond acceptors (Lipinski definition) is 3. The van der Waals surface area contributed by atoms with Crippen LogP contribution in [-0.4, -0.2) is 37.0 Å². The fraction of sp³-hybridized carbons (Fsp3) is 0.438. The number of nitrogens with zero attached hydrogens (tertiary/aromatic N) is 2. The van der Waals surface area contributed by atoms with Gasteiger partial charge in [0, 0.05) is 17.1 Å². The normalized spacial score (nSPS) is 13.1. The molecule has 0 bridgehead atoms. The van der Waals surface area contributed by atoms with Crippen LogP contribution in [0.1, 0.15) is 12.5 Å². The Morgan fingerprint density at radius 1 is 0.893 bits per heavy atom. The van der Waals surface area contributed by atoms with Crippen LogP contribution in [0.25, 0.3) is 10.9 Å². The zero-order valence-corrected chi connectivity index (χ0v) is 14.1. The van der Waals surface area contributed by atoms with Crippen molar-refractivity contribution >= 4 is 16.6 Å². The highest BCUT2D eigenvalue weighted by Gasteiger charge is 2.38. The maximum atomic E-state index is 13.4. The second kappa shape index (κ2) is 7.55. The molecule has 1 aromatic heterocycles. The molecule has 0 amide bonds. The Bertz CT molecular complexity index is 812. The summed E-state index contributed by atoms with van der Waals surface area (Å²) in [6, 6.07) is 2.93. The molecular formula is C16H13F9N2O. The third kappa shape index (κ3) is 5.80. The highest BCUT2D eigenvalue weighted by atomic mass is 19.4. The molecule has 0 atom stereocenters. The number of fused-ring (bicyclic) bond motifs is 1. The first-order chi connectivity index (χ1) is 12.7. The standard InChI is InChI=1S/C16H13F9N2O/c1-2-28-13-6-11(16(23,24)25)10-5-9(3-4-12(10)26-13)27(7-14(17,18)19)8-15(20,21)22/h3-6H,2,7-8H2,1H3. The summed E-state index contributed by atoms with van der Waals surface area (Å²) in [6.45, 7) is -2.44. The molecule has 156 valence electrons. The fourth-order valence-corrected chi connectivity index (χ4v) is 2.51. The number of benzene rings is 1. The highest BCUT2D eigenvalue weighted by molar-refractivity contribution is 5.87. The van der Waals surface area contributed by atoms with Crippen LogP contribution in [0.5, 0.6) is 5.88 Å². The molecule has 0 aliphatic heterocycles. The lowest BCUT2D eigenvalue weighted by atomic mass is 10.1. The van der Waals surface area contributed by atoms with E-state index < -0.39 is 48.3 Å². The van der Waals surface area contributed by atoms with Crippen LogP contribution >= 0.6 is 0 Å². The van der Waals surface area contributed by atoms with Crippen molar-refractivity contribution in [3.8, 4) is 5.88 Å². The molecule has 0 saturated carbocycles. The molecule has 0 aliphatic rings. The zero-order chi connectivity index (χ0) is 21.3. The zero-order valence-electron chi connectivity index (χ0n) is 14.1. The summed E-state index contributed by atoms with van der Waals surface area (Å²) >= 11 is 0. The predicted molar refractivity (Wildman–Crippen MR) is 82.2 cm³/mol. The van der Waals surface area contributed by atoms with Gasteiger partial charge in [0.25, 0.3) is 0 Å². The molecule has 3 nitrogen and oxygen atoms in total. The van der Waals surface area contributed by atoms with Crippen LogP contribution in [0.4, 0.5) is 45.2 Å². The number of hydrogen-bond donors (Lipinski definition) is 0. The smallest absolute Gasteiger partial charge is 0.417 e. The molecule has 12 heteroatoms. The van der Waals surface area contributed by atoms with E-state index in [-0.39, 0.29) is 22.9 Å². The molecule has 28 heavy (non-hydrogen) atoms. The molecule has 0 aliphatic carbocycles. The van der Waals surface area contributed by atoms with Crippen molar-refractivity contribution in [3.05, 3.63) is 29.8 Å². The van der Waals surface area contributed by atoms with Crippen molar-refractivity contribution in [1.82, 2.24) is 4.98 Å². The van der Waals surface area contributed by atoms with Crippen LogP contribution in [0.2, 0.25) is 0 Å². The van der Waals surface area contributed by atoms with Gasteiger partial charge in [0.05, 0.1) is 17.7 Å². The van der Waals surface area contributed by atoms with Gasteiger partial charge in [-0.3, -0.25) is 0 Å². The number of aromatic nitrogens is 1. The maximum Gasteiger partial charge on any atom is 0.417 e. The van der Waals surface area contributed by atoms with Crippen LogP contribution in [0.15, 0.2) is 24.3 Å². The molecule has 0 spiro atoms. The Hall–Kier alpha value is -2.40. The third-order valence-corrected chi connectivity index (χ3v) is 3.47. The molecule has 0 N–H and O–H groups in total. The molecule has 0 radical (unpaired) electrons. The summed E-state index contributed by atoms with van der Waals surface area (Å²) < 4.78 is 121. The summed E-state index contributed by atoms with van der Waals surface area (Å²) in [5, 5.41) is -0.636. The number of halogens is 9. The van der Waals surface area contributed by atoms with Crippen LogP contribution in [0.3, 0.4) is 0 Å². The van der Waals surface area contributed by atoms with Crippen molar-refractivity contribution in [2.45, 2.75) is 25.5 Å². The number of ether oxygens (including phenoxy) is 1. The van der Waals surface area contributed by atoms with E-state index in [1.165, 1.54) is 6.92 Å². The second-order valence-corrected chi connectivity index (χ2v) is 5.73. The fourth-order valence-electron chi connectivity index (χ4n) is 2.51. The molecule has 1 aromatic carbocycles. The number of rotatable bonds is 5. The van der Waals surface area contributed by atoms with Crippen LogP contribution in [-0.2, 0) is 6.18 Å². The van der Waals surface area contributed by atoms with Crippen molar-refractivity contribution < 1.29 is 44.3 Å². The minimum Gasteiger partial charge on any atom is -0.478 e. The molecule has 0 fully saturated rings. The van der Waals surface area contributed by atoms with Gasteiger partial charge >= 0.3 is 18.5 Å². The van der Waals surface area contributed by atoms with Crippen LogP contribution in [0, 0.1) is 0 Å². The van der Waals surface area contributed by atoms with Crippen molar-refractivity contribution in [3.63, 3.8) is 0 Å². The Morgan fingerprint density at radius 2 is 1.46 bits per heavy atom. The van der Waals surface area contributed by atoms with E-state index in [1.807, 2.05) is 0 Å². The van der Waals surface area contributed by atoms with Crippen molar-refractivity contribution in [1.29, 1.82) is 0 Å². The van der Waals surface area contributed by atoms with Gasteiger partial charge in [-0.05, 0) is 25.1 Å². The molecular weight excluding hydrogens is 407 g/mol. The van der Waals surface area contributed by atoms with Gasteiger partial charge < -0.3 is 9.64 Å². The van der Waals surface area contributed by atoms with Gasteiger partial charge in [-0.25, -0.2) is 4.98 Å². The highest BCUT2D eigenvalue weighted by Crippen LogP contribution is 2.38. The quantitative estimate of drug-likeness (QED) is 0.591. The monoisotopic (exact) mass is 420 g/mol. The SMILES string of the molecule is CCOc1cc(C(F)(F)F)c2cc(N(CC(F)(F)F)CC(F)(F)F)ccc2n1. The summed E-state index contributed by atoms with van der Waals surface area (Å²) in [5.74, 6) is -0.363. The first-order valence-corrected chi connectivity index (χ1v) is 7.73. The minimum absolute atomic E-state index is 0.0127. The van der Waals surface area contributed by atoms with E-state index in [2.05, 4.69) is 4.98 Å². The molecule has 2 aromatic rings. The summed E-state index contributed by atoms with van der Waals surface area (Å²) in [4.78, 5) is 3.72. The van der Waals surface area contributed by atoms with Gasteiger partial charge in [-0.1, -0.05) is 0 Å². The number of anilines is 1. The van der Waals surface area contributed by atoms with Gasteiger partial charge in [-0.2, -0.15) is 39.5 Å². The number of pyridine rings is 1. The lowest BCUT2D eigenvalue weighted by molar-refractivity contribution is -0.138. The van der Waals surface area contributed by atoms with E-state index in [4.69, 9.17) is 4.74 Å². The first kappa shape index (κ1) is 21.9. The van der Waals surface area contributed by atoms with Gasteiger partial charge in [0.15, 0.2) is 0 Å². The summed E-state index contributed by atoms with van der Waals surface area (Å²) in [6.07, 6.45) is -14.9. The Morgan fingerprint density at radius 3 is 1.93 bits per heavy atom. The molecule has 0 saturated heterocycles. The van der Waals surface area contributed by atoms with E-state index in [0.717, 1.165) is 12.1 Å². The molecule has 1 heterocycles. The third-order valence-electron chi connectivity index (χ3n) is 3.47. The maximum absolute atomic E-state index is 13.4. The largest absolute Gasteiger partial charge is 0.478 e. The van der Waals surface area contributed by atoms with Crippen LogP contribution < -0.4 is 9.64 Å². The molecule has 2 rings (SSSR count). The Kier molecular flexibility index (Phi) is 5.90. The lowest BCUT2D eigenvalue weighted by Crippen LogP contribution is -2.40. The van der Waals surface area contributed by atoms with E-state index in [0.29, 0.717) is 12.1 Å². The number of alkyl halides is 9. The minimum atomic E-state index is -5.00. The summed E-state index contributed by atoms with van der Waals surface area (Å²) in [7, 11) is 0. The second-order valence-electron chi connectivity index (χ2n) is 5.73. The Balaban J connectivity index is 2.62. The summed E-state index contributed by atoms with van der Waals surface area (Å²) in [5.41, 5.74) is -2.22. The topological polar surface area (TPSA) is 25.4 Å². The van der Waals surface area contributed by atoms with Crippen molar-refractivity contribution in [2.24, 2.45) is 0 Å². The average Bonchev–Trinajstić information content (AvgIpc) is 2.49. The van der Waals surface area contributed by atoms with E-state index in [1.54, 1.807) is 0 Å². The van der Waals surface area contributed by atoms with Gasteiger partial charge in [0.1, 0.15) is 13.1 Å². The lowest BCUT2D eigenvalue weighted by Gasteiger charge is -2.27. The average molecular weight is 420 g/mol. The van der Waals surface area contributed by atoms with Gasteiger partial charge in [-0.15, -0.1) is 0 Å². The van der Waals surface area contributed by atoms with Gasteiger partial charge in [0.2, 0.25) is 5.88 Å². The van der Waals surface area contributed by atoms with E-state index >= 15 is 0 Å². The Labute approximate surface area is 152 Å².